The summed E-state index contributed by atoms with van der Waals surface area (Å²) in [6.07, 6.45) is 0. The minimum absolute atomic E-state index is 0.0574. The Kier molecular flexibility index (Phi) is 5.79. The van der Waals surface area contributed by atoms with Gasteiger partial charge in [0.05, 0.1) is 18.7 Å². The highest BCUT2D eigenvalue weighted by atomic mass is 19.1. The Hall–Kier alpha value is -2.73. The summed E-state index contributed by atoms with van der Waals surface area (Å²) >= 11 is 0. The molecule has 1 N–H and O–H groups in total. The minimum Gasteiger partial charge on any atom is -0.394 e. The maximum atomic E-state index is 13.1. The van der Waals surface area contributed by atoms with Gasteiger partial charge in [-0.1, -0.05) is 36.4 Å². The van der Waals surface area contributed by atoms with Crippen molar-refractivity contribution < 1.29 is 19.1 Å². The molecular formula is C22H25FN2O3. The molecular weight excluding hydrogens is 359 g/mol. The number of halogens is 1. The van der Waals surface area contributed by atoms with Crippen molar-refractivity contribution in [2.24, 2.45) is 0 Å². The number of amides is 2. The molecule has 2 aromatic rings. The summed E-state index contributed by atoms with van der Waals surface area (Å²) in [7, 11) is 1.71. The largest absolute Gasteiger partial charge is 0.394 e. The molecule has 0 saturated carbocycles. The van der Waals surface area contributed by atoms with Crippen LogP contribution in [0.1, 0.15) is 25.3 Å². The normalized spacial score (nSPS) is 21.2. The lowest BCUT2D eigenvalue weighted by molar-refractivity contribution is -0.151. The predicted molar refractivity (Wildman–Crippen MR) is 105 cm³/mol. The van der Waals surface area contributed by atoms with E-state index in [0.717, 1.165) is 16.7 Å². The van der Waals surface area contributed by atoms with Crippen LogP contribution < -0.4 is 0 Å². The standard InChI is InChI=1S/C22H25FN2O3/c1-14(27)24(3)12-20-22(21(13-26)25(20)15(2)28)18-6-4-16(5-7-18)17-8-10-19(23)11-9-17/h4-11,20-22,26H,12-13H2,1-3H3/t20-,21+,22+/m1/s1. The van der Waals surface area contributed by atoms with E-state index >= 15 is 0 Å². The first-order chi connectivity index (χ1) is 13.3. The smallest absolute Gasteiger partial charge is 0.220 e. The van der Waals surface area contributed by atoms with Gasteiger partial charge in [0, 0.05) is 33.4 Å². The fourth-order valence-corrected chi connectivity index (χ4v) is 4.01. The van der Waals surface area contributed by atoms with Gasteiger partial charge in [-0.3, -0.25) is 9.59 Å². The van der Waals surface area contributed by atoms with E-state index in [9.17, 15) is 19.1 Å². The molecule has 3 rings (SSSR count). The molecule has 3 atom stereocenters. The number of rotatable bonds is 5. The molecule has 1 heterocycles. The van der Waals surface area contributed by atoms with Crippen LogP contribution in [0.5, 0.6) is 0 Å². The van der Waals surface area contributed by atoms with Crippen LogP contribution in [0.4, 0.5) is 4.39 Å². The fourth-order valence-electron chi connectivity index (χ4n) is 4.01. The first-order valence-electron chi connectivity index (χ1n) is 9.31. The van der Waals surface area contributed by atoms with Crippen LogP contribution in [0.2, 0.25) is 0 Å². The monoisotopic (exact) mass is 384 g/mol. The van der Waals surface area contributed by atoms with Crippen LogP contribution in [0, 0.1) is 5.82 Å². The van der Waals surface area contributed by atoms with Crippen molar-refractivity contribution in [1.29, 1.82) is 0 Å². The number of likely N-dealkylation sites (tertiary alicyclic amines) is 1. The Morgan fingerprint density at radius 2 is 1.54 bits per heavy atom. The van der Waals surface area contributed by atoms with Gasteiger partial charge in [0.2, 0.25) is 11.8 Å². The quantitative estimate of drug-likeness (QED) is 0.862. The van der Waals surface area contributed by atoms with E-state index in [1.165, 1.54) is 26.0 Å². The average molecular weight is 384 g/mol. The summed E-state index contributed by atoms with van der Waals surface area (Å²) in [4.78, 5) is 27.0. The SMILES string of the molecule is CC(=O)N(C)C[C@@H]1[C@H](c2ccc(-c3ccc(F)cc3)cc2)[C@H](CO)N1C(C)=O. The Balaban J connectivity index is 1.87. The number of nitrogens with zero attached hydrogens (tertiary/aromatic N) is 2. The summed E-state index contributed by atoms with van der Waals surface area (Å²) in [6.45, 7) is 3.25. The summed E-state index contributed by atoms with van der Waals surface area (Å²) in [6, 6.07) is 13.7. The van der Waals surface area contributed by atoms with E-state index in [0.29, 0.717) is 6.54 Å². The molecule has 0 unspecified atom stereocenters. The zero-order valence-corrected chi connectivity index (χ0v) is 16.3. The molecule has 148 valence electrons. The van der Waals surface area contributed by atoms with Crippen LogP contribution in [0.15, 0.2) is 48.5 Å². The number of aliphatic hydroxyl groups excluding tert-OH is 1. The van der Waals surface area contributed by atoms with Gasteiger partial charge >= 0.3 is 0 Å². The molecule has 0 spiro atoms. The van der Waals surface area contributed by atoms with E-state index in [2.05, 4.69) is 0 Å². The van der Waals surface area contributed by atoms with Crippen LogP contribution in [-0.2, 0) is 9.59 Å². The van der Waals surface area contributed by atoms with E-state index in [1.807, 2.05) is 24.3 Å². The number of benzene rings is 2. The molecule has 2 amide bonds. The molecule has 0 aliphatic carbocycles. The molecule has 1 saturated heterocycles. The van der Waals surface area contributed by atoms with E-state index < -0.39 is 0 Å². The van der Waals surface area contributed by atoms with Crippen molar-refractivity contribution in [3.8, 4) is 11.1 Å². The van der Waals surface area contributed by atoms with Crippen LogP contribution in [0.3, 0.4) is 0 Å². The number of aliphatic hydroxyl groups is 1. The summed E-state index contributed by atoms with van der Waals surface area (Å²) in [5, 5.41) is 9.85. The second-order valence-electron chi connectivity index (χ2n) is 7.30. The average Bonchev–Trinajstić information content (AvgIpc) is 2.65. The molecule has 0 aromatic heterocycles. The third kappa shape index (κ3) is 3.78. The lowest BCUT2D eigenvalue weighted by atomic mass is 9.74. The van der Waals surface area contributed by atoms with Crippen LogP contribution >= 0.6 is 0 Å². The van der Waals surface area contributed by atoms with Gasteiger partial charge in [0.1, 0.15) is 5.82 Å². The zero-order valence-electron chi connectivity index (χ0n) is 16.3. The van der Waals surface area contributed by atoms with E-state index in [4.69, 9.17) is 0 Å². The summed E-state index contributed by atoms with van der Waals surface area (Å²) in [5.41, 5.74) is 2.88. The molecule has 2 aromatic carbocycles. The lowest BCUT2D eigenvalue weighted by Gasteiger charge is -2.55. The van der Waals surface area contributed by atoms with Crippen LogP contribution in [-0.4, -0.2) is 59.0 Å². The maximum Gasteiger partial charge on any atom is 0.220 e. The van der Waals surface area contributed by atoms with Crippen molar-refractivity contribution in [3.05, 3.63) is 59.9 Å². The van der Waals surface area contributed by atoms with Gasteiger partial charge in [-0.2, -0.15) is 0 Å². The topological polar surface area (TPSA) is 60.9 Å². The Morgan fingerprint density at radius 3 is 2.00 bits per heavy atom. The van der Waals surface area contributed by atoms with E-state index in [-0.39, 0.29) is 42.2 Å². The second kappa shape index (κ2) is 8.10. The fraction of sp³-hybridized carbons (Fsp3) is 0.364. The number of carbonyl (C=O) groups is 2. The van der Waals surface area contributed by atoms with Gasteiger partial charge in [-0.15, -0.1) is 0 Å². The Morgan fingerprint density at radius 1 is 1.00 bits per heavy atom. The van der Waals surface area contributed by atoms with Crippen molar-refractivity contribution >= 4 is 11.8 Å². The van der Waals surface area contributed by atoms with Gasteiger partial charge in [-0.05, 0) is 28.8 Å². The van der Waals surface area contributed by atoms with Crippen molar-refractivity contribution in [1.82, 2.24) is 9.80 Å². The van der Waals surface area contributed by atoms with E-state index in [1.54, 1.807) is 29.0 Å². The first-order valence-corrected chi connectivity index (χ1v) is 9.31. The third-order valence-electron chi connectivity index (χ3n) is 5.57. The Labute approximate surface area is 164 Å². The van der Waals surface area contributed by atoms with Crippen molar-refractivity contribution in [2.45, 2.75) is 31.8 Å². The van der Waals surface area contributed by atoms with Gasteiger partial charge < -0.3 is 14.9 Å². The lowest BCUT2D eigenvalue weighted by Crippen LogP contribution is -2.68. The second-order valence-corrected chi connectivity index (χ2v) is 7.30. The molecule has 6 heteroatoms. The predicted octanol–water partition coefficient (Wildman–Crippen LogP) is 2.65. The number of likely N-dealkylation sites (N-methyl/N-ethyl adjacent to an activating group) is 1. The number of carbonyl (C=O) groups excluding carboxylic acids is 2. The molecule has 1 fully saturated rings. The van der Waals surface area contributed by atoms with Crippen molar-refractivity contribution in [2.75, 3.05) is 20.2 Å². The number of hydrogen-bond donors (Lipinski definition) is 1. The highest BCUT2D eigenvalue weighted by molar-refractivity contribution is 5.77. The van der Waals surface area contributed by atoms with Gasteiger partial charge in [-0.25, -0.2) is 4.39 Å². The molecule has 0 radical (unpaired) electrons. The highest BCUT2D eigenvalue weighted by Gasteiger charge is 2.50. The first kappa shape index (κ1) is 20.0. The molecule has 1 aliphatic heterocycles. The minimum atomic E-state index is -0.306. The van der Waals surface area contributed by atoms with Crippen LogP contribution in [0.25, 0.3) is 11.1 Å². The third-order valence-corrected chi connectivity index (χ3v) is 5.57. The van der Waals surface area contributed by atoms with Crippen molar-refractivity contribution in [3.63, 3.8) is 0 Å². The summed E-state index contributed by atoms with van der Waals surface area (Å²) < 4.78 is 13.1. The molecule has 28 heavy (non-hydrogen) atoms. The molecule has 0 bridgehead atoms. The maximum absolute atomic E-state index is 13.1. The summed E-state index contributed by atoms with van der Waals surface area (Å²) in [5.74, 6) is -0.512. The molecule has 5 nitrogen and oxygen atoms in total. The van der Waals surface area contributed by atoms with Gasteiger partial charge in [0.25, 0.3) is 0 Å². The Bertz CT molecular complexity index is 851. The zero-order chi connectivity index (χ0) is 20.4. The highest BCUT2D eigenvalue weighted by Crippen LogP contribution is 2.41. The molecule has 1 aliphatic rings. The number of hydrogen-bond acceptors (Lipinski definition) is 3. The van der Waals surface area contributed by atoms with Gasteiger partial charge in [0.15, 0.2) is 0 Å².